The Kier molecular flexibility index (Phi) is 5.95. The number of sulfonamides is 1. The van der Waals surface area contributed by atoms with Gasteiger partial charge in [-0.25, -0.2) is 12.8 Å². The van der Waals surface area contributed by atoms with Crippen LogP contribution in [-0.4, -0.2) is 51.0 Å². The molecule has 0 radical (unpaired) electrons. The lowest BCUT2D eigenvalue weighted by Crippen LogP contribution is -2.47. The van der Waals surface area contributed by atoms with E-state index in [-0.39, 0.29) is 29.3 Å². The van der Waals surface area contributed by atoms with Gasteiger partial charge in [0, 0.05) is 37.8 Å². The number of carbonyl (C=O) groups excluding carboxylic acids is 1. The van der Waals surface area contributed by atoms with Gasteiger partial charge in [-0.2, -0.15) is 4.31 Å². The number of hydrogen-bond acceptors (Lipinski definition) is 4. The van der Waals surface area contributed by atoms with Gasteiger partial charge in [-0.1, -0.05) is 19.3 Å². The minimum absolute atomic E-state index is 0.0318. The Balaban J connectivity index is 1.56. The highest BCUT2D eigenvalue weighted by Gasteiger charge is 2.53. The molecule has 0 aromatic heterocycles. The van der Waals surface area contributed by atoms with Crippen molar-refractivity contribution in [1.29, 1.82) is 0 Å². The van der Waals surface area contributed by atoms with Crippen molar-refractivity contribution < 1.29 is 22.3 Å². The van der Waals surface area contributed by atoms with Gasteiger partial charge in [0.25, 0.3) is 0 Å². The Hall–Kier alpha value is -1.51. The molecular weight excluding hydrogens is 395 g/mol. The molecule has 0 bridgehead atoms. The minimum atomic E-state index is -3.78. The summed E-state index contributed by atoms with van der Waals surface area (Å²) in [5, 5.41) is 3.20. The highest BCUT2D eigenvalue weighted by atomic mass is 32.2. The maximum absolute atomic E-state index is 13.3. The zero-order valence-corrected chi connectivity index (χ0v) is 17.4. The smallest absolute Gasteiger partial charge is 0.243 e. The molecule has 4 rings (SSSR count). The SMILES string of the molecule is O=C(NC1CCCCC1)C1CN(S(=O)(=O)c2ccc(F)cc2)CC12CCOCC2. The topological polar surface area (TPSA) is 75.7 Å². The van der Waals surface area contributed by atoms with E-state index in [1.165, 1.54) is 22.9 Å². The van der Waals surface area contributed by atoms with Gasteiger partial charge in [0.15, 0.2) is 0 Å². The summed E-state index contributed by atoms with van der Waals surface area (Å²) in [6.45, 7) is 1.55. The van der Waals surface area contributed by atoms with Crippen LogP contribution >= 0.6 is 0 Å². The molecule has 1 saturated carbocycles. The molecule has 2 aliphatic heterocycles. The Morgan fingerprint density at radius 2 is 1.76 bits per heavy atom. The molecule has 2 saturated heterocycles. The van der Waals surface area contributed by atoms with Gasteiger partial charge in [-0.05, 0) is 49.9 Å². The summed E-state index contributed by atoms with van der Waals surface area (Å²) in [5.41, 5.74) is -0.399. The van der Waals surface area contributed by atoms with Crippen LogP contribution in [0.2, 0.25) is 0 Å². The van der Waals surface area contributed by atoms with Crippen molar-refractivity contribution in [3.63, 3.8) is 0 Å². The zero-order valence-electron chi connectivity index (χ0n) is 16.6. The van der Waals surface area contributed by atoms with E-state index in [1.807, 2.05) is 0 Å². The maximum atomic E-state index is 13.3. The second-order valence-corrected chi connectivity index (χ2v) is 10.6. The Morgan fingerprint density at radius 1 is 1.10 bits per heavy atom. The van der Waals surface area contributed by atoms with Crippen LogP contribution in [0, 0.1) is 17.2 Å². The molecule has 1 unspecified atom stereocenters. The molecule has 1 spiro atoms. The van der Waals surface area contributed by atoms with Crippen LogP contribution < -0.4 is 5.32 Å². The van der Waals surface area contributed by atoms with Gasteiger partial charge < -0.3 is 10.1 Å². The predicted octanol–water partition coefficient (Wildman–Crippen LogP) is 2.69. The first-order valence-electron chi connectivity index (χ1n) is 10.5. The molecule has 1 amide bonds. The second kappa shape index (κ2) is 8.32. The van der Waals surface area contributed by atoms with Crippen LogP contribution in [0.25, 0.3) is 0 Å². The van der Waals surface area contributed by atoms with Gasteiger partial charge in [0.1, 0.15) is 5.82 Å². The zero-order chi connectivity index (χ0) is 20.5. The van der Waals surface area contributed by atoms with Crippen molar-refractivity contribution >= 4 is 15.9 Å². The van der Waals surface area contributed by atoms with Crippen molar-refractivity contribution in [3.05, 3.63) is 30.1 Å². The van der Waals surface area contributed by atoms with E-state index in [4.69, 9.17) is 4.74 Å². The summed E-state index contributed by atoms with van der Waals surface area (Å²) in [7, 11) is -3.78. The standard InChI is InChI=1S/C21H29FN2O4S/c22-16-6-8-18(9-7-16)29(26,27)24-14-19(21(15-24)10-12-28-13-11-21)20(25)23-17-4-2-1-3-5-17/h6-9,17,19H,1-5,10-15H2,(H,23,25). The number of ether oxygens (including phenoxy) is 1. The number of hydrogen-bond donors (Lipinski definition) is 1. The molecule has 1 N–H and O–H groups in total. The molecular formula is C21H29FN2O4S. The van der Waals surface area contributed by atoms with Crippen LogP contribution in [0.1, 0.15) is 44.9 Å². The quantitative estimate of drug-likeness (QED) is 0.806. The van der Waals surface area contributed by atoms with Gasteiger partial charge >= 0.3 is 0 Å². The second-order valence-electron chi connectivity index (χ2n) is 8.62. The predicted molar refractivity (Wildman–Crippen MR) is 106 cm³/mol. The fourth-order valence-electron chi connectivity index (χ4n) is 5.06. The van der Waals surface area contributed by atoms with Crippen LogP contribution in [0.5, 0.6) is 0 Å². The number of carbonyl (C=O) groups is 1. The highest BCUT2D eigenvalue weighted by molar-refractivity contribution is 7.89. The van der Waals surface area contributed by atoms with E-state index in [0.29, 0.717) is 32.6 Å². The van der Waals surface area contributed by atoms with Crippen LogP contribution in [0.3, 0.4) is 0 Å². The Morgan fingerprint density at radius 3 is 2.41 bits per heavy atom. The van der Waals surface area contributed by atoms with Gasteiger partial charge in [-0.15, -0.1) is 0 Å². The third-order valence-corrected chi connectivity index (χ3v) is 8.65. The van der Waals surface area contributed by atoms with Gasteiger partial charge in [0.05, 0.1) is 10.8 Å². The normalized spacial score (nSPS) is 25.9. The fourth-order valence-corrected chi connectivity index (χ4v) is 6.61. The summed E-state index contributed by atoms with van der Waals surface area (Å²) >= 11 is 0. The van der Waals surface area contributed by atoms with E-state index in [2.05, 4.69) is 5.32 Å². The summed E-state index contributed by atoms with van der Waals surface area (Å²) in [6.07, 6.45) is 6.79. The van der Waals surface area contributed by atoms with Crippen LogP contribution in [0.15, 0.2) is 29.2 Å². The van der Waals surface area contributed by atoms with Crippen molar-refractivity contribution in [1.82, 2.24) is 9.62 Å². The number of halogens is 1. The number of rotatable bonds is 4. The summed E-state index contributed by atoms with van der Waals surface area (Å²) in [6, 6.07) is 5.07. The largest absolute Gasteiger partial charge is 0.381 e. The highest BCUT2D eigenvalue weighted by Crippen LogP contribution is 2.46. The molecule has 1 aromatic carbocycles. The third kappa shape index (κ3) is 4.20. The molecule has 160 valence electrons. The van der Waals surface area contributed by atoms with Crippen molar-refractivity contribution in [3.8, 4) is 0 Å². The van der Waals surface area contributed by atoms with Crippen molar-refractivity contribution in [2.75, 3.05) is 26.3 Å². The summed E-state index contributed by atoms with van der Waals surface area (Å²) in [5.74, 6) is -0.893. The fraction of sp³-hybridized carbons (Fsp3) is 0.667. The lowest BCUT2D eigenvalue weighted by molar-refractivity contribution is -0.130. The number of nitrogens with zero attached hydrogens (tertiary/aromatic N) is 1. The van der Waals surface area contributed by atoms with Crippen LogP contribution in [-0.2, 0) is 19.6 Å². The molecule has 3 fully saturated rings. The molecule has 3 aliphatic rings. The van der Waals surface area contributed by atoms with Gasteiger partial charge in [-0.3, -0.25) is 4.79 Å². The Labute approximate surface area is 171 Å². The van der Waals surface area contributed by atoms with E-state index in [0.717, 1.165) is 37.8 Å². The maximum Gasteiger partial charge on any atom is 0.243 e. The van der Waals surface area contributed by atoms with E-state index < -0.39 is 21.3 Å². The molecule has 1 aromatic rings. The first kappa shape index (κ1) is 20.8. The van der Waals surface area contributed by atoms with E-state index in [9.17, 15) is 17.6 Å². The molecule has 6 nitrogen and oxygen atoms in total. The molecule has 1 atom stereocenters. The van der Waals surface area contributed by atoms with E-state index >= 15 is 0 Å². The third-order valence-electron chi connectivity index (χ3n) is 6.82. The summed E-state index contributed by atoms with van der Waals surface area (Å²) in [4.78, 5) is 13.3. The molecule has 8 heteroatoms. The van der Waals surface area contributed by atoms with Crippen LogP contribution in [0.4, 0.5) is 4.39 Å². The van der Waals surface area contributed by atoms with Gasteiger partial charge in [0.2, 0.25) is 15.9 Å². The number of nitrogens with one attached hydrogen (secondary N) is 1. The average molecular weight is 425 g/mol. The van der Waals surface area contributed by atoms with Crippen molar-refractivity contribution in [2.45, 2.75) is 55.9 Å². The first-order valence-corrected chi connectivity index (χ1v) is 12.0. The Bertz CT molecular complexity index is 831. The number of amides is 1. The number of benzene rings is 1. The molecule has 1 aliphatic carbocycles. The van der Waals surface area contributed by atoms with E-state index in [1.54, 1.807) is 0 Å². The lowest BCUT2D eigenvalue weighted by atomic mass is 9.71. The minimum Gasteiger partial charge on any atom is -0.381 e. The molecule has 29 heavy (non-hydrogen) atoms. The summed E-state index contributed by atoms with van der Waals surface area (Å²) < 4.78 is 46.5. The molecule has 2 heterocycles. The first-order chi connectivity index (χ1) is 13.9. The average Bonchev–Trinajstić information content (AvgIpc) is 3.09. The lowest BCUT2D eigenvalue weighted by Gasteiger charge is -2.38. The monoisotopic (exact) mass is 424 g/mol. The van der Waals surface area contributed by atoms with Crippen molar-refractivity contribution in [2.24, 2.45) is 11.3 Å².